The molecule has 0 bridgehead atoms. The van der Waals surface area contributed by atoms with Gasteiger partial charge in [0, 0.05) is 0 Å². The molecule has 0 aromatic heterocycles. The van der Waals surface area contributed by atoms with Gasteiger partial charge in [-0.05, 0) is 128 Å². The van der Waals surface area contributed by atoms with Crippen LogP contribution in [0.5, 0.6) is 0 Å². The van der Waals surface area contributed by atoms with E-state index in [1.54, 1.807) is 0 Å². The van der Waals surface area contributed by atoms with Crippen molar-refractivity contribution in [3.63, 3.8) is 0 Å². The van der Waals surface area contributed by atoms with Crippen molar-refractivity contribution in [2.45, 2.75) is 125 Å². The molecule has 0 spiro atoms. The summed E-state index contributed by atoms with van der Waals surface area (Å²) in [6.07, 6.45) is 12.5. The summed E-state index contributed by atoms with van der Waals surface area (Å²) < 4.78 is 5.45. The molecule has 0 aromatic carbocycles. The Labute approximate surface area is 213 Å². The van der Waals surface area contributed by atoms with Crippen molar-refractivity contribution >= 4 is 12.4 Å². The van der Waals surface area contributed by atoms with Gasteiger partial charge in [0.25, 0.3) is 6.47 Å². The van der Waals surface area contributed by atoms with Crippen LogP contribution in [-0.4, -0.2) is 23.7 Å². The molecular formula is C31H50O4. The molecule has 0 aromatic rings. The number of fused-ring (bicyclic) bond motifs is 7. The van der Waals surface area contributed by atoms with Crippen molar-refractivity contribution < 1.29 is 19.4 Å². The summed E-state index contributed by atoms with van der Waals surface area (Å²) in [7, 11) is 0. The second kappa shape index (κ2) is 7.73. The molecule has 35 heavy (non-hydrogen) atoms. The van der Waals surface area contributed by atoms with E-state index >= 15 is 0 Å². The fourth-order valence-corrected chi connectivity index (χ4v) is 11.6. The minimum atomic E-state index is -1.01. The third-order valence-corrected chi connectivity index (χ3v) is 14.0. The third-order valence-electron chi connectivity index (χ3n) is 14.0. The van der Waals surface area contributed by atoms with Crippen molar-refractivity contribution in [1.29, 1.82) is 0 Å². The SMILES string of the molecule is CC1(C)CC[C@]2(C)CC[C@]3(C)C(CCC4[C@@]5(C)CC[C@@H](OC=O)[C@](C)(C(=O)O)C5CC[C@]43C)C2C1. The van der Waals surface area contributed by atoms with Crippen LogP contribution in [0.4, 0.5) is 0 Å². The minimum Gasteiger partial charge on any atom is -0.481 e. The van der Waals surface area contributed by atoms with Gasteiger partial charge in [0.15, 0.2) is 0 Å². The van der Waals surface area contributed by atoms with Crippen LogP contribution in [0.15, 0.2) is 0 Å². The monoisotopic (exact) mass is 486 g/mol. The van der Waals surface area contributed by atoms with E-state index in [-0.39, 0.29) is 16.7 Å². The van der Waals surface area contributed by atoms with Gasteiger partial charge in [0.05, 0.1) is 0 Å². The van der Waals surface area contributed by atoms with Crippen molar-refractivity contribution in [2.24, 2.45) is 56.2 Å². The van der Waals surface area contributed by atoms with Crippen LogP contribution >= 0.6 is 0 Å². The average molecular weight is 487 g/mol. The van der Waals surface area contributed by atoms with E-state index in [9.17, 15) is 14.7 Å². The number of hydrogen-bond acceptors (Lipinski definition) is 3. The molecule has 198 valence electrons. The maximum absolute atomic E-state index is 12.7. The van der Waals surface area contributed by atoms with E-state index in [1.807, 2.05) is 6.92 Å². The first kappa shape index (κ1) is 25.6. The molecule has 5 aliphatic carbocycles. The lowest BCUT2D eigenvalue weighted by Crippen LogP contribution is -2.68. The summed E-state index contributed by atoms with van der Waals surface area (Å²) in [6, 6.07) is 0. The van der Waals surface area contributed by atoms with Crippen LogP contribution < -0.4 is 0 Å². The Bertz CT molecular complexity index is 896. The Morgan fingerprint density at radius 3 is 2.11 bits per heavy atom. The van der Waals surface area contributed by atoms with E-state index in [2.05, 4.69) is 41.5 Å². The lowest BCUT2D eigenvalue weighted by Gasteiger charge is -2.73. The van der Waals surface area contributed by atoms with E-state index in [0.717, 1.165) is 31.1 Å². The zero-order valence-electron chi connectivity index (χ0n) is 23.4. The van der Waals surface area contributed by atoms with Crippen LogP contribution in [0.2, 0.25) is 0 Å². The van der Waals surface area contributed by atoms with Gasteiger partial charge in [0.2, 0.25) is 0 Å². The molecule has 5 rings (SSSR count). The Morgan fingerprint density at radius 1 is 0.771 bits per heavy atom. The van der Waals surface area contributed by atoms with E-state index in [1.165, 1.54) is 44.9 Å². The quantitative estimate of drug-likeness (QED) is 0.420. The van der Waals surface area contributed by atoms with E-state index in [4.69, 9.17) is 4.74 Å². The highest BCUT2D eigenvalue weighted by atomic mass is 16.5. The Balaban J connectivity index is 1.52. The van der Waals surface area contributed by atoms with Crippen molar-refractivity contribution in [3.05, 3.63) is 0 Å². The van der Waals surface area contributed by atoms with Crippen LogP contribution in [0.3, 0.4) is 0 Å². The Hall–Kier alpha value is -1.06. The number of rotatable bonds is 3. The minimum absolute atomic E-state index is 0.0244. The summed E-state index contributed by atoms with van der Waals surface area (Å²) in [6.45, 7) is 17.6. The van der Waals surface area contributed by atoms with Gasteiger partial charge >= 0.3 is 5.97 Å². The molecule has 1 N–H and O–H groups in total. The highest BCUT2D eigenvalue weighted by molar-refractivity contribution is 5.76. The number of aliphatic carboxylic acids is 1. The van der Waals surface area contributed by atoms with Crippen LogP contribution in [0, 0.1) is 56.2 Å². The van der Waals surface area contributed by atoms with Crippen molar-refractivity contribution in [1.82, 2.24) is 0 Å². The Morgan fingerprint density at radius 2 is 1.46 bits per heavy atom. The van der Waals surface area contributed by atoms with Gasteiger partial charge in [0.1, 0.15) is 11.5 Å². The summed E-state index contributed by atoms with van der Waals surface area (Å²) in [4.78, 5) is 24.0. The second-order valence-electron chi connectivity index (χ2n) is 15.6. The summed E-state index contributed by atoms with van der Waals surface area (Å²) in [5.41, 5.74) is 0.467. The predicted molar refractivity (Wildman–Crippen MR) is 138 cm³/mol. The van der Waals surface area contributed by atoms with Crippen LogP contribution in [-0.2, 0) is 14.3 Å². The van der Waals surface area contributed by atoms with E-state index in [0.29, 0.717) is 35.1 Å². The summed E-state index contributed by atoms with van der Waals surface area (Å²) >= 11 is 0. The topological polar surface area (TPSA) is 63.6 Å². The molecule has 4 unspecified atom stereocenters. The van der Waals surface area contributed by atoms with Crippen molar-refractivity contribution in [3.8, 4) is 0 Å². The van der Waals surface area contributed by atoms with Crippen LogP contribution in [0.25, 0.3) is 0 Å². The van der Waals surface area contributed by atoms with Gasteiger partial charge in [-0.1, -0.05) is 41.5 Å². The smallest absolute Gasteiger partial charge is 0.313 e. The maximum atomic E-state index is 12.7. The highest BCUT2D eigenvalue weighted by Crippen LogP contribution is 2.77. The number of carbonyl (C=O) groups is 2. The number of carboxylic acids is 1. The van der Waals surface area contributed by atoms with Gasteiger partial charge in [-0.15, -0.1) is 0 Å². The molecule has 5 aliphatic rings. The average Bonchev–Trinajstić information content (AvgIpc) is 2.77. The molecular weight excluding hydrogens is 436 g/mol. The Kier molecular flexibility index (Phi) is 5.65. The fraction of sp³-hybridized carbons (Fsp3) is 0.935. The predicted octanol–water partition coefficient (Wildman–Crippen LogP) is 7.49. The van der Waals surface area contributed by atoms with E-state index < -0.39 is 17.5 Å². The molecule has 0 amide bonds. The number of hydrogen-bond donors (Lipinski definition) is 1. The first-order valence-corrected chi connectivity index (χ1v) is 14.5. The fourth-order valence-electron chi connectivity index (χ4n) is 11.6. The number of carboxylic acid groups (broad SMARTS) is 1. The first-order chi connectivity index (χ1) is 16.2. The highest BCUT2D eigenvalue weighted by Gasteiger charge is 2.71. The third kappa shape index (κ3) is 3.22. The molecule has 4 nitrogen and oxygen atoms in total. The maximum Gasteiger partial charge on any atom is 0.313 e. The van der Waals surface area contributed by atoms with Gasteiger partial charge in [-0.2, -0.15) is 0 Å². The largest absolute Gasteiger partial charge is 0.481 e. The molecule has 0 aliphatic heterocycles. The zero-order valence-corrected chi connectivity index (χ0v) is 23.4. The number of carbonyl (C=O) groups excluding carboxylic acids is 1. The van der Waals surface area contributed by atoms with Crippen molar-refractivity contribution in [2.75, 3.05) is 0 Å². The molecule has 0 saturated heterocycles. The molecule has 0 heterocycles. The standard InChI is InChI=1S/C31H50O4/c1-26(2)14-15-27(3)16-17-29(5)20(21(27)18-26)8-9-22-28(4)12-11-24(35-19-32)31(7,25(33)34)23(28)10-13-30(22,29)6/h19-24H,8-18H2,1-7H3,(H,33,34)/t20?,21?,22?,23?,24-,27-,28-,29-,30-,31-/m1/s1. The lowest BCUT2D eigenvalue weighted by molar-refractivity contribution is -0.256. The molecule has 0 radical (unpaired) electrons. The molecule has 5 fully saturated rings. The first-order valence-electron chi connectivity index (χ1n) is 14.5. The van der Waals surface area contributed by atoms with Gasteiger partial charge in [-0.25, -0.2) is 0 Å². The zero-order chi connectivity index (χ0) is 25.7. The number of ether oxygens (including phenoxy) is 1. The summed E-state index contributed by atoms with van der Waals surface area (Å²) in [5, 5.41) is 10.5. The lowest BCUT2D eigenvalue weighted by atomic mass is 9.31. The normalized spacial score (nSPS) is 54.9. The van der Waals surface area contributed by atoms with Gasteiger partial charge in [-0.3, -0.25) is 9.59 Å². The van der Waals surface area contributed by atoms with Gasteiger partial charge < -0.3 is 9.84 Å². The molecule has 10 atom stereocenters. The molecule has 5 saturated carbocycles. The molecule has 4 heteroatoms. The second-order valence-corrected chi connectivity index (χ2v) is 15.6. The van der Waals surface area contributed by atoms with Crippen LogP contribution in [0.1, 0.15) is 119 Å². The summed E-state index contributed by atoms with van der Waals surface area (Å²) in [5.74, 6) is 1.39.